The van der Waals surface area contributed by atoms with Crippen LogP contribution in [-0.4, -0.2) is 43.0 Å². The molecule has 0 unspecified atom stereocenters. The number of nitrogens with zero attached hydrogens (tertiary/aromatic N) is 1. The molecule has 3 rings (SSSR count). The van der Waals surface area contributed by atoms with E-state index in [9.17, 15) is 9.59 Å². The number of nitrogens with one attached hydrogen (secondary N) is 1. The van der Waals surface area contributed by atoms with Crippen molar-refractivity contribution in [1.29, 1.82) is 0 Å². The Labute approximate surface area is 190 Å². The number of benzene rings is 2. The van der Waals surface area contributed by atoms with Gasteiger partial charge in [0.1, 0.15) is 6.54 Å². The van der Waals surface area contributed by atoms with Crippen LogP contribution in [-0.2, 0) is 4.79 Å². The number of halogens is 3. The van der Waals surface area contributed by atoms with Crippen molar-refractivity contribution < 1.29 is 19.1 Å². The van der Waals surface area contributed by atoms with E-state index in [-0.39, 0.29) is 18.4 Å². The van der Waals surface area contributed by atoms with E-state index in [1.165, 1.54) is 17.0 Å². The van der Waals surface area contributed by atoms with Gasteiger partial charge < -0.3 is 19.7 Å². The summed E-state index contributed by atoms with van der Waals surface area (Å²) in [7, 11) is 0. The third kappa shape index (κ3) is 5.50. The zero-order valence-electron chi connectivity index (χ0n) is 16.3. The maximum atomic E-state index is 13.1. The van der Waals surface area contributed by atoms with Crippen molar-refractivity contribution in [2.75, 3.05) is 31.6 Å². The van der Waals surface area contributed by atoms with Gasteiger partial charge in [0.15, 0.2) is 11.5 Å². The van der Waals surface area contributed by atoms with Crippen LogP contribution < -0.4 is 14.8 Å². The summed E-state index contributed by atoms with van der Waals surface area (Å²) < 4.78 is 11.3. The van der Waals surface area contributed by atoms with Crippen molar-refractivity contribution in [2.45, 2.75) is 19.8 Å². The number of hydrogen-bond acceptors (Lipinski definition) is 4. The third-order valence-corrected chi connectivity index (χ3v) is 5.20. The van der Waals surface area contributed by atoms with Gasteiger partial charge in [-0.3, -0.25) is 9.59 Å². The van der Waals surface area contributed by atoms with Crippen molar-refractivity contribution >= 4 is 52.3 Å². The van der Waals surface area contributed by atoms with Crippen LogP contribution >= 0.6 is 34.8 Å². The SMILES string of the molecule is CCCN(CC(=O)Nc1ccc(Cl)cc1Cl)C(=O)c1cc(Cl)c2c(c1)OCCCO2. The number of carbonyl (C=O) groups excluding carboxylic acids is 2. The topological polar surface area (TPSA) is 67.9 Å². The molecule has 0 aliphatic carbocycles. The maximum Gasteiger partial charge on any atom is 0.254 e. The molecule has 2 amide bonds. The van der Waals surface area contributed by atoms with Crippen molar-refractivity contribution in [3.05, 3.63) is 51.0 Å². The van der Waals surface area contributed by atoms with E-state index in [2.05, 4.69) is 5.32 Å². The zero-order chi connectivity index (χ0) is 21.7. The van der Waals surface area contributed by atoms with E-state index in [4.69, 9.17) is 44.3 Å². The van der Waals surface area contributed by atoms with Gasteiger partial charge in [-0.15, -0.1) is 0 Å². The normalized spacial score (nSPS) is 12.8. The largest absolute Gasteiger partial charge is 0.489 e. The van der Waals surface area contributed by atoms with E-state index in [1.54, 1.807) is 18.2 Å². The van der Waals surface area contributed by atoms with Crippen molar-refractivity contribution in [3.8, 4) is 11.5 Å². The summed E-state index contributed by atoms with van der Waals surface area (Å²) in [6, 6.07) is 7.91. The van der Waals surface area contributed by atoms with E-state index < -0.39 is 0 Å². The highest BCUT2D eigenvalue weighted by atomic mass is 35.5. The molecular weight excluding hydrogens is 451 g/mol. The summed E-state index contributed by atoms with van der Waals surface area (Å²) in [5.41, 5.74) is 0.753. The molecule has 0 aromatic heterocycles. The molecule has 2 aromatic carbocycles. The fraction of sp³-hybridized carbons (Fsp3) is 0.333. The standard InChI is InChI=1S/C21H21Cl3N2O4/c1-2-6-26(12-19(27)25-17-5-4-14(22)11-15(17)23)21(28)13-9-16(24)20-18(10-13)29-7-3-8-30-20/h4-5,9-11H,2-3,6-8,12H2,1H3,(H,25,27). The molecule has 1 N–H and O–H groups in total. The molecule has 0 bridgehead atoms. The minimum Gasteiger partial charge on any atom is -0.489 e. The van der Waals surface area contributed by atoms with Crippen molar-refractivity contribution in [3.63, 3.8) is 0 Å². The Bertz CT molecular complexity index is 952. The molecular formula is C21H21Cl3N2O4. The van der Waals surface area contributed by atoms with Crippen LogP contribution in [0.1, 0.15) is 30.1 Å². The molecule has 9 heteroatoms. The fourth-order valence-electron chi connectivity index (χ4n) is 3.01. The Kier molecular flexibility index (Phi) is 7.69. The summed E-state index contributed by atoms with van der Waals surface area (Å²) in [4.78, 5) is 27.1. The Morgan fingerprint density at radius 3 is 2.57 bits per heavy atom. The fourth-order valence-corrected chi connectivity index (χ4v) is 3.73. The molecule has 1 aliphatic heterocycles. The monoisotopic (exact) mass is 470 g/mol. The number of carbonyl (C=O) groups is 2. The van der Waals surface area contributed by atoms with E-state index in [0.29, 0.717) is 64.0 Å². The highest BCUT2D eigenvalue weighted by molar-refractivity contribution is 6.36. The quantitative estimate of drug-likeness (QED) is 0.621. The lowest BCUT2D eigenvalue weighted by Crippen LogP contribution is -2.38. The lowest BCUT2D eigenvalue weighted by Gasteiger charge is -2.22. The number of anilines is 1. The highest BCUT2D eigenvalue weighted by Gasteiger charge is 2.23. The van der Waals surface area contributed by atoms with Gasteiger partial charge in [-0.2, -0.15) is 0 Å². The molecule has 6 nitrogen and oxygen atoms in total. The molecule has 2 aromatic rings. The van der Waals surface area contributed by atoms with E-state index in [1.807, 2.05) is 6.92 Å². The maximum absolute atomic E-state index is 13.1. The summed E-state index contributed by atoms with van der Waals surface area (Å²) in [5.74, 6) is 0.160. The Morgan fingerprint density at radius 1 is 1.07 bits per heavy atom. The Balaban J connectivity index is 1.77. The van der Waals surface area contributed by atoms with Gasteiger partial charge >= 0.3 is 0 Å². The Hall–Kier alpha value is -2.15. The van der Waals surface area contributed by atoms with Crippen LogP contribution in [0, 0.1) is 0 Å². The third-order valence-electron chi connectivity index (χ3n) is 4.37. The second kappa shape index (κ2) is 10.2. The average molecular weight is 472 g/mol. The molecule has 160 valence electrons. The zero-order valence-corrected chi connectivity index (χ0v) is 18.6. The number of amides is 2. The molecule has 0 atom stereocenters. The van der Waals surface area contributed by atoms with Gasteiger partial charge in [0, 0.05) is 23.6 Å². The van der Waals surface area contributed by atoms with Crippen LogP contribution in [0.25, 0.3) is 0 Å². The summed E-state index contributed by atoms with van der Waals surface area (Å²) in [6.07, 6.45) is 1.41. The lowest BCUT2D eigenvalue weighted by atomic mass is 10.1. The molecule has 1 aliphatic rings. The first-order chi connectivity index (χ1) is 14.4. The van der Waals surface area contributed by atoms with Gasteiger partial charge in [0.05, 0.1) is 28.9 Å². The van der Waals surface area contributed by atoms with Crippen molar-refractivity contribution in [1.82, 2.24) is 4.90 Å². The lowest BCUT2D eigenvalue weighted by molar-refractivity contribution is -0.116. The number of hydrogen-bond donors (Lipinski definition) is 1. The number of ether oxygens (including phenoxy) is 2. The van der Waals surface area contributed by atoms with Crippen molar-refractivity contribution in [2.24, 2.45) is 0 Å². The molecule has 30 heavy (non-hydrogen) atoms. The smallest absolute Gasteiger partial charge is 0.254 e. The van der Waals surface area contributed by atoms with Gasteiger partial charge in [0.2, 0.25) is 5.91 Å². The highest BCUT2D eigenvalue weighted by Crippen LogP contribution is 2.38. The molecule has 0 radical (unpaired) electrons. The number of fused-ring (bicyclic) bond motifs is 1. The van der Waals surface area contributed by atoms with Gasteiger partial charge in [-0.25, -0.2) is 0 Å². The Morgan fingerprint density at radius 2 is 1.83 bits per heavy atom. The summed E-state index contributed by atoms with van der Waals surface area (Å²) in [5, 5.41) is 3.79. The average Bonchev–Trinajstić information content (AvgIpc) is 2.95. The first-order valence-electron chi connectivity index (χ1n) is 9.52. The minimum absolute atomic E-state index is 0.141. The van der Waals surface area contributed by atoms with Crippen LogP contribution in [0.2, 0.25) is 15.1 Å². The predicted molar refractivity (Wildman–Crippen MR) is 118 cm³/mol. The van der Waals surface area contributed by atoms with E-state index in [0.717, 1.165) is 6.42 Å². The summed E-state index contributed by atoms with van der Waals surface area (Å²) >= 11 is 18.3. The van der Waals surface area contributed by atoms with Crippen LogP contribution in [0.5, 0.6) is 11.5 Å². The molecule has 1 heterocycles. The van der Waals surface area contributed by atoms with Gasteiger partial charge in [-0.1, -0.05) is 41.7 Å². The van der Waals surface area contributed by atoms with Crippen LogP contribution in [0.15, 0.2) is 30.3 Å². The second-order valence-electron chi connectivity index (χ2n) is 6.73. The van der Waals surface area contributed by atoms with Crippen LogP contribution in [0.3, 0.4) is 0 Å². The molecule has 0 spiro atoms. The second-order valence-corrected chi connectivity index (χ2v) is 7.99. The van der Waals surface area contributed by atoms with Crippen LogP contribution in [0.4, 0.5) is 5.69 Å². The number of rotatable bonds is 6. The van der Waals surface area contributed by atoms with Gasteiger partial charge in [0.25, 0.3) is 5.91 Å². The molecule has 0 saturated carbocycles. The molecule has 0 saturated heterocycles. The first-order valence-corrected chi connectivity index (χ1v) is 10.7. The van der Waals surface area contributed by atoms with E-state index >= 15 is 0 Å². The van der Waals surface area contributed by atoms with Gasteiger partial charge in [-0.05, 0) is 36.8 Å². The summed E-state index contributed by atoms with van der Waals surface area (Å²) in [6.45, 7) is 3.15. The molecule has 0 fully saturated rings. The minimum atomic E-state index is -0.374. The first kappa shape index (κ1) is 22.5. The predicted octanol–water partition coefficient (Wildman–Crippen LogP) is 5.30.